The van der Waals surface area contributed by atoms with Crippen molar-refractivity contribution in [3.05, 3.63) is 45.4 Å². The molecule has 0 aliphatic carbocycles. The molecule has 2 rings (SSSR count). The minimum atomic E-state index is 0.168. The van der Waals surface area contributed by atoms with Gasteiger partial charge in [0.25, 0.3) is 0 Å². The Hall–Kier alpha value is -1.39. The molecular formula is C13H15NO2S. The van der Waals surface area contributed by atoms with Gasteiger partial charge in [-0.25, -0.2) is 4.98 Å². The molecule has 0 radical (unpaired) electrons. The molecule has 17 heavy (non-hydrogen) atoms. The first kappa shape index (κ1) is 12.1. The predicted octanol–water partition coefficient (Wildman–Crippen LogP) is 2.28. The molecule has 90 valence electrons. The molecule has 3 nitrogen and oxygen atoms in total. The number of aromatic nitrogens is 1. The maximum Gasteiger partial charge on any atom is 0.115 e. The second kappa shape index (κ2) is 5.29. The van der Waals surface area contributed by atoms with E-state index in [1.54, 1.807) is 23.5 Å². The highest BCUT2D eigenvalue weighted by Gasteiger charge is 2.07. The van der Waals surface area contributed by atoms with Gasteiger partial charge in [-0.1, -0.05) is 12.1 Å². The van der Waals surface area contributed by atoms with E-state index >= 15 is 0 Å². The monoisotopic (exact) mass is 249 g/mol. The van der Waals surface area contributed by atoms with E-state index < -0.39 is 0 Å². The minimum absolute atomic E-state index is 0.168. The lowest BCUT2D eigenvalue weighted by atomic mass is 10.1. The Balaban J connectivity index is 2.13. The first-order valence-electron chi connectivity index (χ1n) is 5.53. The maximum absolute atomic E-state index is 9.20. The molecule has 0 unspecified atom stereocenters. The summed E-state index contributed by atoms with van der Waals surface area (Å²) < 4.78 is 0. The average molecular weight is 249 g/mol. The van der Waals surface area contributed by atoms with Gasteiger partial charge in [0.05, 0.1) is 10.7 Å². The Morgan fingerprint density at radius 2 is 1.94 bits per heavy atom. The van der Waals surface area contributed by atoms with Gasteiger partial charge in [-0.05, 0) is 24.6 Å². The quantitative estimate of drug-likeness (QED) is 0.874. The van der Waals surface area contributed by atoms with Crippen LogP contribution in [0.1, 0.15) is 21.1 Å². The van der Waals surface area contributed by atoms with Crippen molar-refractivity contribution in [2.75, 3.05) is 6.61 Å². The number of hydrogen-bond donors (Lipinski definition) is 2. The van der Waals surface area contributed by atoms with Gasteiger partial charge >= 0.3 is 0 Å². The molecule has 2 N–H and O–H groups in total. The first-order chi connectivity index (χ1) is 8.19. The Kier molecular flexibility index (Phi) is 3.76. The van der Waals surface area contributed by atoms with Gasteiger partial charge in [-0.2, -0.15) is 0 Å². The van der Waals surface area contributed by atoms with Gasteiger partial charge in [0, 0.05) is 24.3 Å². The van der Waals surface area contributed by atoms with Gasteiger partial charge in [-0.3, -0.25) is 0 Å². The number of hydrogen-bond acceptors (Lipinski definition) is 4. The molecule has 0 saturated carbocycles. The maximum atomic E-state index is 9.20. The van der Waals surface area contributed by atoms with Crippen LogP contribution in [0, 0.1) is 6.92 Å². The van der Waals surface area contributed by atoms with Gasteiger partial charge in [0.1, 0.15) is 5.75 Å². The van der Waals surface area contributed by atoms with Crippen molar-refractivity contribution in [3.63, 3.8) is 0 Å². The summed E-state index contributed by atoms with van der Waals surface area (Å²) in [6.07, 6.45) is 1.45. The van der Waals surface area contributed by atoms with Crippen molar-refractivity contribution in [1.82, 2.24) is 4.98 Å². The SMILES string of the molecule is Cc1nc(Cc2ccc(O)cc2)sc1CCO. The number of phenols is 1. The lowest BCUT2D eigenvalue weighted by molar-refractivity contribution is 0.300. The number of aliphatic hydroxyl groups is 1. The number of benzene rings is 1. The average Bonchev–Trinajstić information content (AvgIpc) is 2.63. The van der Waals surface area contributed by atoms with Crippen molar-refractivity contribution in [1.29, 1.82) is 0 Å². The summed E-state index contributed by atoms with van der Waals surface area (Å²) in [5.41, 5.74) is 2.14. The molecule has 0 aliphatic heterocycles. The summed E-state index contributed by atoms with van der Waals surface area (Å²) in [5, 5.41) is 19.2. The van der Waals surface area contributed by atoms with Crippen LogP contribution in [0.4, 0.5) is 0 Å². The molecule has 4 heteroatoms. The highest BCUT2D eigenvalue weighted by Crippen LogP contribution is 2.21. The summed E-state index contributed by atoms with van der Waals surface area (Å²) in [7, 11) is 0. The normalized spacial score (nSPS) is 10.7. The number of aryl methyl sites for hydroxylation is 1. The molecule has 1 heterocycles. The smallest absolute Gasteiger partial charge is 0.115 e. The van der Waals surface area contributed by atoms with E-state index in [2.05, 4.69) is 4.98 Å². The fourth-order valence-electron chi connectivity index (χ4n) is 1.69. The summed E-state index contributed by atoms with van der Waals surface area (Å²) in [4.78, 5) is 5.65. The van der Waals surface area contributed by atoms with Crippen molar-refractivity contribution in [2.24, 2.45) is 0 Å². The first-order valence-corrected chi connectivity index (χ1v) is 6.34. The number of aromatic hydroxyl groups is 1. The zero-order valence-corrected chi connectivity index (χ0v) is 10.5. The highest BCUT2D eigenvalue weighted by molar-refractivity contribution is 7.11. The van der Waals surface area contributed by atoms with Crippen LogP contribution in [0.25, 0.3) is 0 Å². The molecule has 0 amide bonds. The van der Waals surface area contributed by atoms with Crippen molar-refractivity contribution in [3.8, 4) is 5.75 Å². The third-order valence-electron chi connectivity index (χ3n) is 2.57. The van der Waals surface area contributed by atoms with Crippen molar-refractivity contribution in [2.45, 2.75) is 19.8 Å². The van der Waals surface area contributed by atoms with Crippen molar-refractivity contribution >= 4 is 11.3 Å². The highest BCUT2D eigenvalue weighted by atomic mass is 32.1. The third kappa shape index (κ3) is 3.05. The van der Waals surface area contributed by atoms with E-state index in [9.17, 15) is 5.11 Å². The summed E-state index contributed by atoms with van der Waals surface area (Å²) in [6, 6.07) is 7.17. The Morgan fingerprint density at radius 3 is 2.59 bits per heavy atom. The van der Waals surface area contributed by atoms with E-state index in [4.69, 9.17) is 5.11 Å². The van der Waals surface area contributed by atoms with Crippen LogP contribution in [-0.4, -0.2) is 21.8 Å². The number of rotatable bonds is 4. The molecule has 0 aliphatic rings. The molecule has 0 fully saturated rings. The van der Waals surface area contributed by atoms with Gasteiger partial charge < -0.3 is 10.2 Å². The number of thiazole rings is 1. The van der Waals surface area contributed by atoms with E-state index in [1.165, 1.54) is 0 Å². The van der Waals surface area contributed by atoms with Gasteiger partial charge in [0.2, 0.25) is 0 Å². The Labute approximate surface area is 104 Å². The Morgan fingerprint density at radius 1 is 1.24 bits per heavy atom. The van der Waals surface area contributed by atoms with Crippen LogP contribution in [0.15, 0.2) is 24.3 Å². The number of phenolic OH excluding ortho intramolecular Hbond substituents is 1. The fraction of sp³-hybridized carbons (Fsp3) is 0.308. The summed E-state index contributed by atoms with van der Waals surface area (Å²) in [6.45, 7) is 2.14. The number of nitrogens with zero attached hydrogens (tertiary/aromatic N) is 1. The topological polar surface area (TPSA) is 53.4 Å². The van der Waals surface area contributed by atoms with Crippen LogP contribution >= 0.6 is 11.3 Å². The second-order valence-electron chi connectivity index (χ2n) is 3.93. The molecule has 0 atom stereocenters. The molecule has 0 saturated heterocycles. The van der Waals surface area contributed by atoms with Crippen LogP contribution in [0.2, 0.25) is 0 Å². The molecule has 1 aromatic heterocycles. The Bertz CT molecular complexity index is 491. The molecule has 2 aromatic rings. The van der Waals surface area contributed by atoms with Gasteiger partial charge in [-0.15, -0.1) is 11.3 Å². The van der Waals surface area contributed by atoms with E-state index in [1.807, 2.05) is 19.1 Å². The van der Waals surface area contributed by atoms with Gasteiger partial charge in [0.15, 0.2) is 0 Å². The van der Waals surface area contributed by atoms with Crippen LogP contribution < -0.4 is 0 Å². The van der Waals surface area contributed by atoms with Crippen molar-refractivity contribution < 1.29 is 10.2 Å². The zero-order chi connectivity index (χ0) is 12.3. The largest absolute Gasteiger partial charge is 0.508 e. The standard InChI is InChI=1S/C13H15NO2S/c1-9-12(6-7-15)17-13(14-9)8-10-2-4-11(16)5-3-10/h2-5,15-16H,6-8H2,1H3. The minimum Gasteiger partial charge on any atom is -0.508 e. The predicted molar refractivity (Wildman–Crippen MR) is 68.6 cm³/mol. The fourth-order valence-corrected chi connectivity index (χ4v) is 2.78. The lowest BCUT2D eigenvalue weighted by Crippen LogP contribution is -1.89. The van der Waals surface area contributed by atoms with Crippen LogP contribution in [-0.2, 0) is 12.8 Å². The van der Waals surface area contributed by atoms with E-state index in [-0.39, 0.29) is 12.4 Å². The zero-order valence-electron chi connectivity index (χ0n) is 9.68. The molecular weight excluding hydrogens is 234 g/mol. The van der Waals surface area contributed by atoms with Crippen LogP contribution in [0.3, 0.4) is 0 Å². The number of aliphatic hydroxyl groups excluding tert-OH is 1. The third-order valence-corrected chi connectivity index (χ3v) is 3.78. The summed E-state index contributed by atoms with van der Waals surface area (Å²) >= 11 is 1.65. The summed E-state index contributed by atoms with van der Waals surface area (Å²) in [5.74, 6) is 0.282. The molecule has 1 aromatic carbocycles. The second-order valence-corrected chi connectivity index (χ2v) is 5.10. The lowest BCUT2D eigenvalue weighted by Gasteiger charge is -1.97. The van der Waals surface area contributed by atoms with E-state index in [0.717, 1.165) is 27.6 Å². The van der Waals surface area contributed by atoms with Crippen LogP contribution in [0.5, 0.6) is 5.75 Å². The molecule has 0 spiro atoms. The molecule has 0 bridgehead atoms. The van der Waals surface area contributed by atoms with E-state index in [0.29, 0.717) is 6.42 Å².